The summed E-state index contributed by atoms with van der Waals surface area (Å²) in [5.41, 5.74) is 0. The molecule has 1 unspecified atom stereocenters. The lowest BCUT2D eigenvalue weighted by Crippen LogP contribution is -2.27. The molecule has 0 aromatic heterocycles. The number of nitriles is 1. The van der Waals surface area contributed by atoms with Gasteiger partial charge >= 0.3 is 0 Å². The van der Waals surface area contributed by atoms with Gasteiger partial charge in [-0.05, 0) is 12.8 Å². The van der Waals surface area contributed by atoms with Gasteiger partial charge in [0.15, 0.2) is 0 Å². The van der Waals surface area contributed by atoms with Crippen LogP contribution in [0.15, 0.2) is 0 Å². The number of hydrogen-bond donors (Lipinski definition) is 0. The third kappa shape index (κ3) is 1.51. The van der Waals surface area contributed by atoms with Gasteiger partial charge in [-0.2, -0.15) is 5.26 Å². The predicted molar refractivity (Wildman–Crippen MR) is 40.6 cm³/mol. The monoisotopic (exact) mass is 152 g/mol. The molecule has 0 aliphatic carbocycles. The molecule has 0 N–H and O–H groups in total. The van der Waals surface area contributed by atoms with Crippen molar-refractivity contribution in [1.29, 1.82) is 5.26 Å². The first kappa shape index (κ1) is 8.06. The standard InChI is InChI=1S/C8H12N2O/c1-2-4-10-5-3-7(6-9)8(10)11/h7H,2-5H2,1H3. The van der Waals surface area contributed by atoms with E-state index < -0.39 is 0 Å². The van der Waals surface area contributed by atoms with Crippen LogP contribution in [0.3, 0.4) is 0 Å². The van der Waals surface area contributed by atoms with E-state index in [2.05, 4.69) is 0 Å². The molecule has 1 heterocycles. The second-order valence-electron chi connectivity index (χ2n) is 2.80. The van der Waals surface area contributed by atoms with Crippen LogP contribution in [-0.2, 0) is 4.79 Å². The minimum atomic E-state index is -0.360. The molecular weight excluding hydrogens is 140 g/mol. The summed E-state index contributed by atoms with van der Waals surface area (Å²) in [6.45, 7) is 3.61. The van der Waals surface area contributed by atoms with Crippen molar-refractivity contribution in [2.24, 2.45) is 5.92 Å². The molecule has 11 heavy (non-hydrogen) atoms. The molecular formula is C8H12N2O. The minimum absolute atomic E-state index is 0.0225. The molecule has 1 aliphatic heterocycles. The van der Waals surface area contributed by atoms with E-state index in [1.54, 1.807) is 4.90 Å². The highest BCUT2D eigenvalue weighted by Crippen LogP contribution is 2.16. The van der Waals surface area contributed by atoms with E-state index in [0.717, 1.165) is 25.9 Å². The Morgan fingerprint density at radius 2 is 2.55 bits per heavy atom. The zero-order valence-corrected chi connectivity index (χ0v) is 6.71. The smallest absolute Gasteiger partial charge is 0.239 e. The Balaban J connectivity index is 2.50. The normalized spacial score (nSPS) is 23.8. The fourth-order valence-electron chi connectivity index (χ4n) is 1.35. The summed E-state index contributed by atoms with van der Waals surface area (Å²) in [6.07, 6.45) is 1.69. The Kier molecular flexibility index (Phi) is 2.48. The van der Waals surface area contributed by atoms with Gasteiger partial charge in [0.2, 0.25) is 5.91 Å². The highest BCUT2D eigenvalue weighted by atomic mass is 16.2. The third-order valence-corrected chi connectivity index (χ3v) is 1.95. The van der Waals surface area contributed by atoms with E-state index in [9.17, 15) is 4.79 Å². The maximum absolute atomic E-state index is 11.2. The van der Waals surface area contributed by atoms with E-state index >= 15 is 0 Å². The van der Waals surface area contributed by atoms with Crippen molar-refractivity contribution in [3.8, 4) is 6.07 Å². The first-order valence-corrected chi connectivity index (χ1v) is 3.98. The van der Waals surface area contributed by atoms with Crippen LogP contribution in [-0.4, -0.2) is 23.9 Å². The van der Waals surface area contributed by atoms with E-state index in [0.29, 0.717) is 0 Å². The summed E-state index contributed by atoms with van der Waals surface area (Å²) in [7, 11) is 0. The molecule has 0 aromatic carbocycles. The lowest BCUT2D eigenvalue weighted by Gasteiger charge is -2.13. The van der Waals surface area contributed by atoms with Crippen LogP contribution < -0.4 is 0 Å². The Hall–Kier alpha value is -1.04. The summed E-state index contributed by atoms with van der Waals surface area (Å²) < 4.78 is 0. The number of hydrogen-bond acceptors (Lipinski definition) is 2. The van der Waals surface area contributed by atoms with Crippen LogP contribution in [0.25, 0.3) is 0 Å². The van der Waals surface area contributed by atoms with Gasteiger partial charge < -0.3 is 4.90 Å². The quantitative estimate of drug-likeness (QED) is 0.586. The average molecular weight is 152 g/mol. The molecule has 0 radical (unpaired) electrons. The van der Waals surface area contributed by atoms with Gasteiger partial charge in [-0.15, -0.1) is 0 Å². The molecule has 0 saturated carbocycles. The van der Waals surface area contributed by atoms with Crippen molar-refractivity contribution in [3.05, 3.63) is 0 Å². The number of nitrogens with zero attached hydrogens (tertiary/aromatic N) is 2. The molecule has 1 rings (SSSR count). The van der Waals surface area contributed by atoms with Gasteiger partial charge in [-0.3, -0.25) is 4.79 Å². The van der Waals surface area contributed by atoms with Crippen molar-refractivity contribution in [2.45, 2.75) is 19.8 Å². The maximum Gasteiger partial charge on any atom is 0.239 e. The Morgan fingerprint density at radius 3 is 3.00 bits per heavy atom. The molecule has 0 spiro atoms. The zero-order chi connectivity index (χ0) is 8.27. The molecule has 1 amide bonds. The predicted octanol–water partition coefficient (Wildman–Crippen LogP) is 0.768. The molecule has 1 saturated heterocycles. The minimum Gasteiger partial charge on any atom is -0.342 e. The summed E-state index contributed by atoms with van der Waals surface area (Å²) in [4.78, 5) is 13.0. The third-order valence-electron chi connectivity index (χ3n) is 1.95. The van der Waals surface area contributed by atoms with Crippen molar-refractivity contribution < 1.29 is 4.79 Å². The van der Waals surface area contributed by atoms with Crippen molar-refractivity contribution in [2.75, 3.05) is 13.1 Å². The summed E-state index contributed by atoms with van der Waals surface area (Å²) >= 11 is 0. The topological polar surface area (TPSA) is 44.1 Å². The molecule has 1 fully saturated rings. The van der Waals surface area contributed by atoms with E-state index in [1.807, 2.05) is 13.0 Å². The number of carbonyl (C=O) groups is 1. The van der Waals surface area contributed by atoms with Crippen LogP contribution >= 0.6 is 0 Å². The number of amides is 1. The fourth-order valence-corrected chi connectivity index (χ4v) is 1.35. The highest BCUT2D eigenvalue weighted by molar-refractivity contribution is 5.83. The van der Waals surface area contributed by atoms with Crippen LogP contribution in [0.4, 0.5) is 0 Å². The van der Waals surface area contributed by atoms with Gasteiger partial charge in [0.25, 0.3) is 0 Å². The Bertz CT molecular complexity index is 195. The van der Waals surface area contributed by atoms with Crippen LogP contribution in [0.1, 0.15) is 19.8 Å². The second kappa shape index (κ2) is 3.38. The molecule has 60 valence electrons. The summed E-state index contributed by atoms with van der Waals surface area (Å²) in [6, 6.07) is 2.01. The van der Waals surface area contributed by atoms with Crippen molar-refractivity contribution in [3.63, 3.8) is 0 Å². The van der Waals surface area contributed by atoms with E-state index in [-0.39, 0.29) is 11.8 Å². The highest BCUT2D eigenvalue weighted by Gasteiger charge is 2.30. The lowest BCUT2D eigenvalue weighted by atomic mass is 10.1. The molecule has 0 bridgehead atoms. The zero-order valence-electron chi connectivity index (χ0n) is 6.71. The second-order valence-corrected chi connectivity index (χ2v) is 2.80. The average Bonchev–Trinajstić information content (AvgIpc) is 2.34. The van der Waals surface area contributed by atoms with Crippen molar-refractivity contribution in [1.82, 2.24) is 4.90 Å². The van der Waals surface area contributed by atoms with E-state index in [4.69, 9.17) is 5.26 Å². The number of likely N-dealkylation sites (tertiary alicyclic amines) is 1. The maximum atomic E-state index is 11.2. The summed E-state index contributed by atoms with van der Waals surface area (Å²) in [5, 5.41) is 8.52. The molecule has 0 aromatic rings. The van der Waals surface area contributed by atoms with E-state index in [1.165, 1.54) is 0 Å². The van der Waals surface area contributed by atoms with Crippen LogP contribution in [0.2, 0.25) is 0 Å². The first-order chi connectivity index (χ1) is 5.29. The van der Waals surface area contributed by atoms with Crippen LogP contribution in [0.5, 0.6) is 0 Å². The number of rotatable bonds is 2. The Morgan fingerprint density at radius 1 is 1.82 bits per heavy atom. The SMILES string of the molecule is CCCN1CCC(C#N)C1=O. The van der Waals surface area contributed by atoms with Gasteiger partial charge in [-0.25, -0.2) is 0 Å². The van der Waals surface area contributed by atoms with Crippen molar-refractivity contribution >= 4 is 5.91 Å². The number of carbonyl (C=O) groups excluding carboxylic acids is 1. The molecule has 3 nitrogen and oxygen atoms in total. The largest absolute Gasteiger partial charge is 0.342 e. The fraction of sp³-hybridized carbons (Fsp3) is 0.750. The molecule has 3 heteroatoms. The van der Waals surface area contributed by atoms with Gasteiger partial charge in [-0.1, -0.05) is 6.92 Å². The van der Waals surface area contributed by atoms with Gasteiger partial charge in [0.05, 0.1) is 6.07 Å². The molecule has 1 atom stereocenters. The summed E-state index contributed by atoms with van der Waals surface area (Å²) in [5.74, 6) is -0.337. The first-order valence-electron chi connectivity index (χ1n) is 3.98. The Labute approximate surface area is 66.6 Å². The van der Waals surface area contributed by atoms with Crippen LogP contribution in [0, 0.1) is 17.2 Å². The van der Waals surface area contributed by atoms with Gasteiger partial charge in [0.1, 0.15) is 5.92 Å². The lowest BCUT2D eigenvalue weighted by molar-refractivity contribution is -0.129. The molecule has 1 aliphatic rings. The van der Waals surface area contributed by atoms with Gasteiger partial charge in [0, 0.05) is 13.1 Å².